The van der Waals surface area contributed by atoms with Crippen molar-refractivity contribution in [3.8, 4) is 11.3 Å². The van der Waals surface area contributed by atoms with Crippen LogP contribution in [0.2, 0.25) is 0 Å². The van der Waals surface area contributed by atoms with Crippen LogP contribution < -0.4 is 15.5 Å². The summed E-state index contributed by atoms with van der Waals surface area (Å²) in [6.45, 7) is 2.11. The third-order valence-corrected chi connectivity index (χ3v) is 6.53. The van der Waals surface area contributed by atoms with E-state index in [9.17, 15) is 9.59 Å². The molecule has 0 bridgehead atoms. The molecule has 0 aliphatic carbocycles. The molecule has 4 aromatic carbocycles. The van der Waals surface area contributed by atoms with Crippen LogP contribution in [-0.2, 0) is 0 Å². The Balaban J connectivity index is 1.27. The summed E-state index contributed by atoms with van der Waals surface area (Å²) >= 11 is 0. The van der Waals surface area contributed by atoms with Crippen LogP contribution in [0.15, 0.2) is 121 Å². The fraction of sp³-hybridized carbons (Fsp3) is 0.121. The Labute approximate surface area is 228 Å². The minimum absolute atomic E-state index is 0.106. The molecule has 0 aliphatic rings. The number of rotatable bonds is 10. The molecule has 194 valence electrons. The summed E-state index contributed by atoms with van der Waals surface area (Å²) in [5.41, 5.74) is 5.17. The van der Waals surface area contributed by atoms with Gasteiger partial charge in [0, 0.05) is 53.9 Å². The topological polar surface area (TPSA) is 74.3 Å². The zero-order chi connectivity index (χ0) is 26.9. The average molecular weight is 515 g/mol. The number of benzene rings is 4. The Morgan fingerprint density at radius 2 is 1.13 bits per heavy atom. The maximum absolute atomic E-state index is 12.5. The number of amides is 2. The van der Waals surface area contributed by atoms with Crippen molar-refractivity contribution in [3.05, 3.63) is 132 Å². The van der Waals surface area contributed by atoms with Gasteiger partial charge in [0.15, 0.2) is 0 Å². The van der Waals surface area contributed by atoms with Crippen LogP contribution in [0.5, 0.6) is 0 Å². The van der Waals surface area contributed by atoms with Crippen LogP contribution in [0.4, 0.5) is 5.69 Å². The van der Waals surface area contributed by atoms with Crippen LogP contribution >= 0.6 is 0 Å². The number of carbonyl (C=O) groups is 2. The van der Waals surface area contributed by atoms with Crippen LogP contribution in [0.1, 0.15) is 20.7 Å². The minimum atomic E-state index is -0.106. The van der Waals surface area contributed by atoms with E-state index in [1.54, 1.807) is 24.3 Å². The minimum Gasteiger partial charge on any atom is -0.368 e. The van der Waals surface area contributed by atoms with Gasteiger partial charge in [-0.05, 0) is 48.5 Å². The third-order valence-electron chi connectivity index (χ3n) is 6.53. The van der Waals surface area contributed by atoms with Gasteiger partial charge < -0.3 is 15.5 Å². The summed E-state index contributed by atoms with van der Waals surface area (Å²) in [6, 6.07) is 38.8. The molecule has 0 fully saturated rings. The van der Waals surface area contributed by atoms with Crippen LogP contribution in [0, 0.1) is 0 Å². The number of hydrogen-bond acceptors (Lipinski definition) is 4. The number of nitrogens with zero attached hydrogens (tertiary/aromatic N) is 2. The monoisotopic (exact) mass is 514 g/mol. The van der Waals surface area contributed by atoms with Gasteiger partial charge in [-0.3, -0.25) is 9.59 Å². The van der Waals surface area contributed by atoms with Crippen molar-refractivity contribution >= 4 is 28.4 Å². The molecule has 5 aromatic rings. The summed E-state index contributed by atoms with van der Waals surface area (Å²) in [4.78, 5) is 32.0. The lowest BCUT2D eigenvalue weighted by Gasteiger charge is -2.25. The molecule has 0 spiro atoms. The predicted octanol–water partition coefficient (Wildman–Crippen LogP) is 5.57. The molecule has 0 radical (unpaired) electrons. The normalized spacial score (nSPS) is 10.7. The fourth-order valence-electron chi connectivity index (χ4n) is 4.43. The van der Waals surface area contributed by atoms with Gasteiger partial charge in [0.1, 0.15) is 0 Å². The van der Waals surface area contributed by atoms with E-state index in [-0.39, 0.29) is 11.8 Å². The van der Waals surface area contributed by atoms with Crippen LogP contribution in [0.3, 0.4) is 0 Å². The number of para-hydroxylation sites is 1. The smallest absolute Gasteiger partial charge is 0.251 e. The molecular weight excluding hydrogens is 484 g/mol. The summed E-state index contributed by atoms with van der Waals surface area (Å²) in [5, 5.41) is 7.11. The molecule has 1 aromatic heterocycles. The highest BCUT2D eigenvalue weighted by Gasteiger charge is 2.11. The lowest BCUT2D eigenvalue weighted by atomic mass is 10.1. The molecule has 6 heteroatoms. The van der Waals surface area contributed by atoms with Gasteiger partial charge in [-0.25, -0.2) is 4.98 Å². The van der Waals surface area contributed by atoms with Gasteiger partial charge >= 0.3 is 0 Å². The third kappa shape index (κ3) is 6.67. The fourth-order valence-corrected chi connectivity index (χ4v) is 4.43. The van der Waals surface area contributed by atoms with Crippen molar-refractivity contribution in [3.63, 3.8) is 0 Å². The molecule has 39 heavy (non-hydrogen) atoms. The molecule has 0 saturated carbocycles. The number of hydrogen-bond donors (Lipinski definition) is 2. The van der Waals surface area contributed by atoms with Gasteiger partial charge in [-0.1, -0.05) is 72.8 Å². The molecule has 0 atom stereocenters. The molecule has 0 aliphatic heterocycles. The molecule has 0 saturated heterocycles. The summed E-state index contributed by atoms with van der Waals surface area (Å²) in [7, 11) is 0. The highest BCUT2D eigenvalue weighted by molar-refractivity contribution is 5.94. The SMILES string of the molecule is O=C(NCCN(CCNC(=O)c1ccccc1)c1ccc(-c2ccc3ccccc3n2)cc1)c1ccccc1. The summed E-state index contributed by atoms with van der Waals surface area (Å²) in [5.74, 6) is -0.212. The quantitative estimate of drug-likeness (QED) is 0.256. The van der Waals surface area contributed by atoms with E-state index in [1.807, 2.05) is 60.7 Å². The lowest BCUT2D eigenvalue weighted by molar-refractivity contribution is 0.0948. The van der Waals surface area contributed by atoms with E-state index >= 15 is 0 Å². The van der Waals surface area contributed by atoms with E-state index in [2.05, 4.69) is 51.9 Å². The number of carbonyl (C=O) groups excluding carboxylic acids is 2. The lowest BCUT2D eigenvalue weighted by Crippen LogP contribution is -2.39. The highest BCUT2D eigenvalue weighted by atomic mass is 16.2. The van der Waals surface area contributed by atoms with Gasteiger partial charge in [-0.15, -0.1) is 0 Å². The largest absolute Gasteiger partial charge is 0.368 e. The summed E-state index contributed by atoms with van der Waals surface area (Å²) < 4.78 is 0. The van der Waals surface area contributed by atoms with Crippen molar-refractivity contribution in [2.45, 2.75) is 0 Å². The maximum Gasteiger partial charge on any atom is 0.251 e. The Bertz CT molecular complexity index is 1480. The molecular formula is C33H30N4O2. The molecule has 1 heterocycles. The van der Waals surface area contributed by atoms with Crippen LogP contribution in [0.25, 0.3) is 22.2 Å². The number of pyridine rings is 1. The standard InChI is InChI=1S/C33H30N4O2/c38-32(27-10-3-1-4-11-27)34-21-23-37(24-22-35-33(39)28-12-5-2-6-13-28)29-18-15-26(16-19-29)31-20-17-25-9-7-8-14-30(25)36-31/h1-20H,21-24H2,(H,34,38)(H,35,39). The molecule has 2 N–H and O–H groups in total. The second kappa shape index (κ2) is 12.5. The van der Waals surface area contributed by atoms with Gasteiger partial charge in [-0.2, -0.15) is 0 Å². The Hall–Kier alpha value is -4.97. The van der Waals surface area contributed by atoms with Gasteiger partial charge in [0.05, 0.1) is 11.2 Å². The van der Waals surface area contributed by atoms with Crippen molar-refractivity contribution in [2.75, 3.05) is 31.1 Å². The molecule has 5 rings (SSSR count). The second-order valence-corrected chi connectivity index (χ2v) is 9.17. The first-order chi connectivity index (χ1) is 19.2. The van der Waals surface area contributed by atoms with Gasteiger partial charge in [0.2, 0.25) is 0 Å². The Morgan fingerprint density at radius 1 is 0.590 bits per heavy atom. The van der Waals surface area contributed by atoms with Gasteiger partial charge in [0.25, 0.3) is 11.8 Å². The maximum atomic E-state index is 12.5. The zero-order valence-corrected chi connectivity index (χ0v) is 21.6. The molecule has 2 amide bonds. The van der Waals surface area contributed by atoms with E-state index in [1.165, 1.54) is 0 Å². The predicted molar refractivity (Wildman–Crippen MR) is 157 cm³/mol. The Morgan fingerprint density at radius 3 is 1.72 bits per heavy atom. The number of anilines is 1. The highest BCUT2D eigenvalue weighted by Crippen LogP contribution is 2.24. The van der Waals surface area contributed by atoms with E-state index in [4.69, 9.17) is 4.98 Å². The van der Waals surface area contributed by atoms with Crippen LogP contribution in [-0.4, -0.2) is 43.0 Å². The first kappa shape index (κ1) is 25.7. The van der Waals surface area contributed by atoms with E-state index < -0.39 is 0 Å². The second-order valence-electron chi connectivity index (χ2n) is 9.17. The molecule has 0 unspecified atom stereocenters. The van der Waals surface area contributed by atoms with E-state index in [0.29, 0.717) is 37.3 Å². The number of fused-ring (bicyclic) bond motifs is 1. The first-order valence-corrected chi connectivity index (χ1v) is 13.0. The molecule has 6 nitrogen and oxygen atoms in total. The number of nitrogens with one attached hydrogen (secondary N) is 2. The summed E-state index contributed by atoms with van der Waals surface area (Å²) in [6.07, 6.45) is 0. The number of aromatic nitrogens is 1. The van der Waals surface area contributed by atoms with E-state index in [0.717, 1.165) is 27.8 Å². The Kier molecular flexibility index (Phi) is 8.24. The van der Waals surface area contributed by atoms with Crippen molar-refractivity contribution in [2.24, 2.45) is 0 Å². The average Bonchev–Trinajstić information content (AvgIpc) is 3.01. The van der Waals surface area contributed by atoms with Crippen molar-refractivity contribution in [1.82, 2.24) is 15.6 Å². The first-order valence-electron chi connectivity index (χ1n) is 13.0. The zero-order valence-electron chi connectivity index (χ0n) is 21.6. The van der Waals surface area contributed by atoms with Crippen molar-refractivity contribution < 1.29 is 9.59 Å². The van der Waals surface area contributed by atoms with Crippen molar-refractivity contribution in [1.29, 1.82) is 0 Å².